The first-order valence-corrected chi connectivity index (χ1v) is 7.54. The second-order valence-corrected chi connectivity index (χ2v) is 6.85. The van der Waals surface area contributed by atoms with Crippen molar-refractivity contribution in [3.63, 3.8) is 0 Å². The summed E-state index contributed by atoms with van der Waals surface area (Å²) < 4.78 is 24.0. The standard InChI is InChI=1S/C13H18O4S/c1-10(2)12(13(14)15)18(16,17)9-8-11-6-4-3-5-7-11/h3-7,10,12H,8-9H2,1-2H3,(H,14,15). The zero-order chi connectivity index (χ0) is 13.8. The lowest BCUT2D eigenvalue weighted by Gasteiger charge is -2.16. The number of benzene rings is 1. The van der Waals surface area contributed by atoms with Crippen molar-refractivity contribution in [3.05, 3.63) is 35.9 Å². The monoisotopic (exact) mass is 270 g/mol. The van der Waals surface area contributed by atoms with Crippen LogP contribution in [-0.2, 0) is 21.1 Å². The van der Waals surface area contributed by atoms with Crippen LogP contribution in [0.25, 0.3) is 0 Å². The van der Waals surface area contributed by atoms with E-state index in [9.17, 15) is 13.2 Å². The molecule has 1 aromatic rings. The number of aliphatic carboxylic acids is 1. The Morgan fingerprint density at radius 2 is 1.78 bits per heavy atom. The van der Waals surface area contributed by atoms with Crippen LogP contribution in [-0.4, -0.2) is 30.5 Å². The van der Waals surface area contributed by atoms with Crippen LogP contribution >= 0.6 is 0 Å². The van der Waals surface area contributed by atoms with Crippen molar-refractivity contribution in [3.8, 4) is 0 Å². The van der Waals surface area contributed by atoms with Crippen LogP contribution in [0.2, 0.25) is 0 Å². The summed E-state index contributed by atoms with van der Waals surface area (Å²) in [7, 11) is -3.62. The lowest BCUT2D eigenvalue weighted by Crippen LogP contribution is -2.37. The topological polar surface area (TPSA) is 71.4 Å². The summed E-state index contributed by atoms with van der Waals surface area (Å²) >= 11 is 0. The molecule has 1 atom stereocenters. The van der Waals surface area contributed by atoms with Crippen LogP contribution in [0, 0.1) is 5.92 Å². The predicted octanol–water partition coefficient (Wildman–Crippen LogP) is 1.75. The summed E-state index contributed by atoms with van der Waals surface area (Å²) in [6, 6.07) is 9.19. The molecule has 0 spiro atoms. The van der Waals surface area contributed by atoms with Gasteiger partial charge < -0.3 is 5.11 Å². The number of carbonyl (C=O) groups is 1. The molecular weight excluding hydrogens is 252 g/mol. The van der Waals surface area contributed by atoms with Gasteiger partial charge in [0.05, 0.1) is 5.75 Å². The third-order valence-corrected chi connectivity index (χ3v) is 5.05. The van der Waals surface area contributed by atoms with Crippen LogP contribution < -0.4 is 0 Å². The fourth-order valence-corrected chi connectivity index (χ4v) is 3.80. The lowest BCUT2D eigenvalue weighted by atomic mass is 10.1. The minimum atomic E-state index is -3.62. The molecule has 0 heterocycles. The zero-order valence-corrected chi connectivity index (χ0v) is 11.4. The molecule has 0 aliphatic heterocycles. The van der Waals surface area contributed by atoms with Gasteiger partial charge in [0.15, 0.2) is 15.1 Å². The number of aryl methyl sites for hydroxylation is 1. The van der Waals surface area contributed by atoms with Gasteiger partial charge in [0.2, 0.25) is 0 Å². The number of hydrogen-bond acceptors (Lipinski definition) is 3. The number of carboxylic acid groups (broad SMARTS) is 1. The molecule has 1 N–H and O–H groups in total. The predicted molar refractivity (Wildman–Crippen MR) is 70.2 cm³/mol. The normalized spacial score (nSPS) is 13.5. The highest BCUT2D eigenvalue weighted by molar-refractivity contribution is 7.92. The van der Waals surface area contributed by atoms with Crippen molar-refractivity contribution in [1.82, 2.24) is 0 Å². The molecule has 0 amide bonds. The molecule has 1 rings (SSSR count). The van der Waals surface area contributed by atoms with Crippen molar-refractivity contribution < 1.29 is 18.3 Å². The second-order valence-electron chi connectivity index (χ2n) is 4.61. The summed E-state index contributed by atoms with van der Waals surface area (Å²) in [5.74, 6) is -1.83. The van der Waals surface area contributed by atoms with Gasteiger partial charge in [-0.25, -0.2) is 8.42 Å². The van der Waals surface area contributed by atoms with E-state index in [4.69, 9.17) is 5.11 Å². The van der Waals surface area contributed by atoms with Crippen molar-refractivity contribution in [2.75, 3.05) is 5.75 Å². The maximum Gasteiger partial charge on any atom is 0.322 e. The van der Waals surface area contributed by atoms with E-state index >= 15 is 0 Å². The molecule has 0 saturated carbocycles. The number of hydrogen-bond donors (Lipinski definition) is 1. The highest BCUT2D eigenvalue weighted by atomic mass is 32.2. The lowest BCUT2D eigenvalue weighted by molar-refractivity contribution is -0.137. The van der Waals surface area contributed by atoms with E-state index in [0.29, 0.717) is 6.42 Å². The third kappa shape index (κ3) is 3.84. The molecule has 0 aliphatic carbocycles. The molecule has 100 valence electrons. The smallest absolute Gasteiger partial charge is 0.322 e. The first kappa shape index (κ1) is 14.7. The van der Waals surface area contributed by atoms with Crippen LogP contribution in [0.15, 0.2) is 30.3 Å². The van der Waals surface area contributed by atoms with Crippen molar-refractivity contribution in [2.24, 2.45) is 5.92 Å². The van der Waals surface area contributed by atoms with E-state index < -0.39 is 27.0 Å². The van der Waals surface area contributed by atoms with Crippen LogP contribution in [0.4, 0.5) is 0 Å². The van der Waals surface area contributed by atoms with E-state index in [-0.39, 0.29) is 5.75 Å². The van der Waals surface area contributed by atoms with Gasteiger partial charge in [-0.15, -0.1) is 0 Å². The Balaban J connectivity index is 2.78. The van der Waals surface area contributed by atoms with Crippen LogP contribution in [0.1, 0.15) is 19.4 Å². The zero-order valence-electron chi connectivity index (χ0n) is 10.5. The molecule has 0 bridgehead atoms. The minimum absolute atomic E-state index is 0.133. The Morgan fingerprint density at radius 3 is 2.22 bits per heavy atom. The van der Waals surface area contributed by atoms with Crippen LogP contribution in [0.5, 0.6) is 0 Å². The van der Waals surface area contributed by atoms with Gasteiger partial charge in [0.1, 0.15) is 0 Å². The van der Waals surface area contributed by atoms with E-state index in [0.717, 1.165) is 5.56 Å². The Bertz CT molecular complexity index is 491. The fraction of sp³-hybridized carbons (Fsp3) is 0.462. The van der Waals surface area contributed by atoms with Crippen molar-refractivity contribution >= 4 is 15.8 Å². The summed E-state index contributed by atoms with van der Waals surface area (Å²) in [6.07, 6.45) is 0.347. The van der Waals surface area contributed by atoms with Crippen LogP contribution in [0.3, 0.4) is 0 Å². The van der Waals surface area contributed by atoms with Gasteiger partial charge >= 0.3 is 5.97 Å². The van der Waals surface area contributed by atoms with Gasteiger partial charge in [-0.1, -0.05) is 44.2 Å². The highest BCUT2D eigenvalue weighted by Crippen LogP contribution is 2.15. The highest BCUT2D eigenvalue weighted by Gasteiger charge is 2.34. The molecule has 0 fully saturated rings. The summed E-state index contributed by atoms with van der Waals surface area (Å²) in [4.78, 5) is 11.0. The Hall–Kier alpha value is -1.36. The van der Waals surface area contributed by atoms with Gasteiger partial charge in [-0.05, 0) is 17.9 Å². The summed E-state index contributed by atoms with van der Waals surface area (Å²) in [5, 5.41) is 7.68. The maximum atomic E-state index is 12.0. The largest absolute Gasteiger partial charge is 0.480 e. The van der Waals surface area contributed by atoms with Crippen molar-refractivity contribution in [1.29, 1.82) is 0 Å². The van der Waals surface area contributed by atoms with E-state index in [1.807, 2.05) is 30.3 Å². The third-order valence-electron chi connectivity index (χ3n) is 2.75. The molecule has 5 heteroatoms. The molecule has 0 aliphatic rings. The molecule has 0 saturated heterocycles. The number of rotatable bonds is 6. The summed E-state index contributed by atoms with van der Waals surface area (Å²) in [5.41, 5.74) is 0.897. The fourth-order valence-electron chi connectivity index (χ4n) is 1.89. The molecule has 1 aromatic carbocycles. The van der Waals surface area contributed by atoms with Gasteiger partial charge in [-0.2, -0.15) is 0 Å². The number of carboxylic acids is 1. The van der Waals surface area contributed by atoms with Gasteiger partial charge in [-0.3, -0.25) is 4.79 Å². The second kappa shape index (κ2) is 6.00. The number of sulfone groups is 1. The average molecular weight is 270 g/mol. The molecule has 0 aromatic heterocycles. The van der Waals surface area contributed by atoms with Gasteiger partial charge in [0.25, 0.3) is 0 Å². The molecule has 0 radical (unpaired) electrons. The Morgan fingerprint density at radius 1 is 1.22 bits per heavy atom. The summed E-state index contributed by atoms with van der Waals surface area (Å²) in [6.45, 7) is 3.22. The Kier molecular flexibility index (Phi) is 4.90. The molecule has 1 unspecified atom stereocenters. The van der Waals surface area contributed by atoms with E-state index in [1.54, 1.807) is 13.8 Å². The molecular formula is C13H18O4S. The first-order valence-electron chi connectivity index (χ1n) is 5.83. The SMILES string of the molecule is CC(C)C(C(=O)O)S(=O)(=O)CCc1ccccc1. The molecule has 4 nitrogen and oxygen atoms in total. The van der Waals surface area contributed by atoms with E-state index in [2.05, 4.69) is 0 Å². The maximum absolute atomic E-state index is 12.0. The minimum Gasteiger partial charge on any atom is -0.480 e. The first-order chi connectivity index (χ1) is 8.34. The average Bonchev–Trinajstić information content (AvgIpc) is 2.26. The van der Waals surface area contributed by atoms with Crippen molar-refractivity contribution in [2.45, 2.75) is 25.5 Å². The quantitative estimate of drug-likeness (QED) is 0.855. The van der Waals surface area contributed by atoms with Gasteiger partial charge in [0, 0.05) is 0 Å². The molecule has 18 heavy (non-hydrogen) atoms. The van der Waals surface area contributed by atoms with E-state index in [1.165, 1.54) is 0 Å². The Labute approximate surface area is 108 Å².